The van der Waals surface area contributed by atoms with Gasteiger partial charge in [-0.2, -0.15) is 0 Å². The normalized spacial score (nSPS) is 16.1. The highest BCUT2D eigenvalue weighted by Crippen LogP contribution is 2.44. The Bertz CT molecular complexity index is 1620. The third-order valence-electron chi connectivity index (χ3n) is 6.76. The number of anilines is 1. The average molecular weight is 636 g/mol. The van der Waals surface area contributed by atoms with Crippen LogP contribution in [0.4, 0.5) is 5.13 Å². The number of aliphatic hydroxyl groups is 1. The largest absolute Gasteiger partial charge is 0.507 e. The van der Waals surface area contributed by atoms with Gasteiger partial charge in [0.15, 0.2) is 4.34 Å². The van der Waals surface area contributed by atoms with E-state index in [1.54, 1.807) is 48.5 Å². The zero-order valence-corrected chi connectivity index (χ0v) is 26.0. The zero-order valence-electron chi connectivity index (χ0n) is 23.7. The number of aliphatic hydroxyl groups excluding tert-OH is 1. The lowest BCUT2D eigenvalue weighted by molar-refractivity contribution is -0.132. The number of ketones is 1. The van der Waals surface area contributed by atoms with Gasteiger partial charge in [0.1, 0.15) is 17.3 Å². The predicted octanol–water partition coefficient (Wildman–Crippen LogP) is 7.69. The van der Waals surface area contributed by atoms with Crippen LogP contribution < -0.4 is 14.4 Å². The first-order valence-corrected chi connectivity index (χ1v) is 16.1. The number of thioether (sulfide) groups is 1. The van der Waals surface area contributed by atoms with Crippen molar-refractivity contribution in [1.82, 2.24) is 10.2 Å². The molecule has 5 rings (SSSR count). The Morgan fingerprint density at radius 1 is 0.977 bits per heavy atom. The molecule has 3 aromatic carbocycles. The minimum Gasteiger partial charge on any atom is -0.507 e. The van der Waals surface area contributed by atoms with Gasteiger partial charge in [0, 0.05) is 16.3 Å². The maximum Gasteiger partial charge on any atom is 0.301 e. The lowest BCUT2D eigenvalue weighted by atomic mass is 9.95. The van der Waals surface area contributed by atoms with E-state index in [0.717, 1.165) is 18.4 Å². The number of Topliss-reactive ketones (excluding diaryl/α,β-unsaturated/α-hetero) is 1. The Labute approximate surface area is 263 Å². The van der Waals surface area contributed by atoms with Crippen molar-refractivity contribution in [3.05, 3.63) is 100 Å². The quantitative estimate of drug-likeness (QED) is 0.0422. The number of ether oxygens (including phenoxy) is 2. The van der Waals surface area contributed by atoms with Crippen LogP contribution in [0.2, 0.25) is 5.02 Å². The highest BCUT2D eigenvalue weighted by molar-refractivity contribution is 8.00. The zero-order chi connectivity index (χ0) is 30.3. The molecule has 0 radical (unpaired) electrons. The number of aromatic nitrogens is 2. The standard InChI is InChI=1S/C32H30ClN3O5S2/c1-3-5-18-41-24-16-12-21(13-17-24)28(37)26-27(20-10-14-23(15-11-20)40-4-2)36(30(39)29(26)38)31-34-35-32(43-31)42-19-22-8-6-7-9-25(22)33/h6-17,27,37H,3-5,18-19H2,1-2H3/t27-/m1/s1. The molecule has 222 valence electrons. The van der Waals surface area contributed by atoms with Crippen molar-refractivity contribution >= 4 is 57.3 Å². The molecule has 0 unspecified atom stereocenters. The third-order valence-corrected chi connectivity index (χ3v) is 9.23. The summed E-state index contributed by atoms with van der Waals surface area (Å²) in [6.45, 7) is 5.06. The Morgan fingerprint density at radius 3 is 2.37 bits per heavy atom. The molecule has 1 amide bonds. The second-order valence-corrected chi connectivity index (χ2v) is 12.2. The first-order valence-electron chi connectivity index (χ1n) is 13.9. The van der Waals surface area contributed by atoms with Crippen LogP contribution in [0.3, 0.4) is 0 Å². The summed E-state index contributed by atoms with van der Waals surface area (Å²) in [6.07, 6.45) is 1.94. The summed E-state index contributed by atoms with van der Waals surface area (Å²) in [6, 6.07) is 20.5. The van der Waals surface area contributed by atoms with Gasteiger partial charge in [0.2, 0.25) is 5.13 Å². The van der Waals surface area contributed by atoms with Crippen LogP contribution in [0.15, 0.2) is 82.7 Å². The molecule has 1 aliphatic heterocycles. The Kier molecular flexibility index (Phi) is 10.0. The molecule has 1 N–H and O–H groups in total. The number of rotatable bonds is 12. The molecule has 8 nitrogen and oxygen atoms in total. The molecule has 1 fully saturated rings. The summed E-state index contributed by atoms with van der Waals surface area (Å²) in [7, 11) is 0. The van der Waals surface area contributed by atoms with E-state index in [1.165, 1.54) is 28.0 Å². The van der Waals surface area contributed by atoms with Crippen molar-refractivity contribution in [2.45, 2.75) is 42.8 Å². The topological polar surface area (TPSA) is 102 Å². The molecule has 4 aromatic rings. The van der Waals surface area contributed by atoms with Gasteiger partial charge >= 0.3 is 5.91 Å². The Hall–Kier alpha value is -3.86. The summed E-state index contributed by atoms with van der Waals surface area (Å²) in [5, 5.41) is 20.9. The Morgan fingerprint density at radius 2 is 1.67 bits per heavy atom. The molecule has 1 saturated heterocycles. The van der Waals surface area contributed by atoms with Crippen LogP contribution >= 0.6 is 34.7 Å². The van der Waals surface area contributed by atoms with Gasteiger partial charge in [0.25, 0.3) is 5.78 Å². The molecule has 1 aliphatic rings. The summed E-state index contributed by atoms with van der Waals surface area (Å²) >= 11 is 8.93. The van der Waals surface area contributed by atoms with Gasteiger partial charge in [-0.25, -0.2) is 0 Å². The number of hydrogen-bond donors (Lipinski definition) is 1. The maximum absolute atomic E-state index is 13.5. The highest BCUT2D eigenvalue weighted by Gasteiger charge is 2.48. The van der Waals surface area contributed by atoms with E-state index < -0.39 is 17.7 Å². The third kappa shape index (κ3) is 6.87. The van der Waals surface area contributed by atoms with Crippen LogP contribution in [0.25, 0.3) is 5.76 Å². The number of halogens is 1. The predicted molar refractivity (Wildman–Crippen MR) is 170 cm³/mol. The number of hydrogen-bond acceptors (Lipinski definition) is 9. The van der Waals surface area contributed by atoms with Crippen molar-refractivity contribution in [2.24, 2.45) is 0 Å². The molecule has 43 heavy (non-hydrogen) atoms. The Balaban J connectivity index is 1.50. The summed E-state index contributed by atoms with van der Waals surface area (Å²) in [5.41, 5.74) is 1.92. The fourth-order valence-electron chi connectivity index (χ4n) is 4.57. The van der Waals surface area contributed by atoms with Gasteiger partial charge in [0.05, 0.1) is 24.8 Å². The second-order valence-electron chi connectivity index (χ2n) is 9.63. The summed E-state index contributed by atoms with van der Waals surface area (Å²) < 4.78 is 11.9. The number of nitrogens with zero attached hydrogens (tertiary/aromatic N) is 3. The first kappa shape index (κ1) is 30.6. The fraction of sp³-hybridized carbons (Fsp3) is 0.250. The number of carbonyl (C=O) groups excluding carboxylic acids is 2. The van der Waals surface area contributed by atoms with Gasteiger partial charge in [-0.05, 0) is 66.9 Å². The molecule has 2 heterocycles. The lowest BCUT2D eigenvalue weighted by Crippen LogP contribution is -2.29. The average Bonchev–Trinajstić information content (AvgIpc) is 3.59. The van der Waals surface area contributed by atoms with Crippen molar-refractivity contribution < 1.29 is 24.2 Å². The molecular formula is C32H30ClN3O5S2. The molecular weight excluding hydrogens is 606 g/mol. The van der Waals surface area contributed by atoms with E-state index in [4.69, 9.17) is 21.1 Å². The smallest absolute Gasteiger partial charge is 0.301 e. The number of benzene rings is 3. The van der Waals surface area contributed by atoms with Crippen LogP contribution in [-0.2, 0) is 15.3 Å². The van der Waals surface area contributed by atoms with E-state index in [9.17, 15) is 14.7 Å². The van der Waals surface area contributed by atoms with E-state index in [1.807, 2.05) is 31.2 Å². The molecule has 0 aliphatic carbocycles. The van der Waals surface area contributed by atoms with E-state index in [0.29, 0.717) is 51.0 Å². The maximum atomic E-state index is 13.5. The van der Waals surface area contributed by atoms with Gasteiger partial charge in [-0.3, -0.25) is 14.5 Å². The van der Waals surface area contributed by atoms with Gasteiger partial charge in [-0.1, -0.05) is 78.4 Å². The minimum atomic E-state index is -0.925. The number of unbranched alkanes of at least 4 members (excludes halogenated alkanes) is 1. The highest BCUT2D eigenvalue weighted by atomic mass is 35.5. The summed E-state index contributed by atoms with van der Waals surface area (Å²) in [4.78, 5) is 28.4. The van der Waals surface area contributed by atoms with Gasteiger partial charge < -0.3 is 14.6 Å². The molecule has 0 spiro atoms. The van der Waals surface area contributed by atoms with Crippen LogP contribution in [0, 0.1) is 0 Å². The molecule has 1 aromatic heterocycles. The second kappa shape index (κ2) is 14.1. The molecule has 1 atom stereocenters. The van der Waals surface area contributed by atoms with Crippen molar-refractivity contribution in [3.8, 4) is 11.5 Å². The first-order chi connectivity index (χ1) is 20.9. The minimum absolute atomic E-state index is 0.0331. The molecule has 11 heteroatoms. The van der Waals surface area contributed by atoms with Crippen LogP contribution in [0.5, 0.6) is 11.5 Å². The van der Waals surface area contributed by atoms with Crippen molar-refractivity contribution in [3.63, 3.8) is 0 Å². The van der Waals surface area contributed by atoms with E-state index >= 15 is 0 Å². The van der Waals surface area contributed by atoms with Crippen LogP contribution in [0.1, 0.15) is 49.4 Å². The van der Waals surface area contributed by atoms with E-state index in [2.05, 4.69) is 17.1 Å². The molecule has 0 saturated carbocycles. The van der Waals surface area contributed by atoms with Crippen molar-refractivity contribution in [1.29, 1.82) is 0 Å². The SMILES string of the molecule is CCCCOc1ccc(C(O)=C2C(=O)C(=O)N(c3nnc(SCc4ccccc4Cl)s3)[C@@H]2c2ccc(OCC)cc2)cc1. The van der Waals surface area contributed by atoms with Crippen molar-refractivity contribution in [2.75, 3.05) is 18.1 Å². The number of amides is 1. The fourth-order valence-corrected chi connectivity index (χ4v) is 6.72. The monoisotopic (exact) mass is 635 g/mol. The molecule has 0 bridgehead atoms. The van der Waals surface area contributed by atoms with Crippen LogP contribution in [-0.4, -0.2) is 40.2 Å². The lowest BCUT2D eigenvalue weighted by Gasteiger charge is -2.22. The van der Waals surface area contributed by atoms with Gasteiger partial charge in [-0.15, -0.1) is 10.2 Å². The number of carbonyl (C=O) groups is 2. The summed E-state index contributed by atoms with van der Waals surface area (Å²) in [5.74, 6) is -0.00932. The van der Waals surface area contributed by atoms with E-state index in [-0.39, 0.29) is 16.5 Å².